The molecule has 0 saturated carbocycles. The lowest BCUT2D eigenvalue weighted by atomic mass is 9.84. The molecular weight excluding hydrogens is 402 g/mol. The van der Waals surface area contributed by atoms with Crippen molar-refractivity contribution in [2.75, 3.05) is 19.0 Å². The van der Waals surface area contributed by atoms with Gasteiger partial charge in [0.15, 0.2) is 0 Å². The Kier molecular flexibility index (Phi) is 4.81. The zero-order valence-corrected chi connectivity index (χ0v) is 18.8. The number of benzene rings is 2. The summed E-state index contributed by atoms with van der Waals surface area (Å²) in [4.78, 5) is 27.1. The predicted molar refractivity (Wildman–Crippen MR) is 125 cm³/mol. The molecule has 2 amide bonds. The summed E-state index contributed by atoms with van der Waals surface area (Å²) in [6.45, 7) is 6.96. The number of nitrogens with zero attached hydrogens (tertiary/aromatic N) is 2. The number of carbonyl (C=O) groups excluding carboxylic acids is 2. The van der Waals surface area contributed by atoms with Gasteiger partial charge in [-0.2, -0.15) is 0 Å². The van der Waals surface area contributed by atoms with Crippen LogP contribution in [0.4, 0.5) is 5.69 Å². The number of carbonyl (C=O) groups is 2. The third kappa shape index (κ3) is 3.01. The van der Waals surface area contributed by atoms with Gasteiger partial charge < -0.3 is 14.6 Å². The predicted octanol–water partition coefficient (Wildman–Crippen LogP) is 4.51. The van der Waals surface area contributed by atoms with Gasteiger partial charge >= 0.3 is 0 Å². The van der Waals surface area contributed by atoms with Gasteiger partial charge in [-0.3, -0.25) is 14.5 Å². The first kappa shape index (κ1) is 20.4. The fraction of sp³-hybridized carbons (Fsp3) is 0.308. The van der Waals surface area contributed by atoms with E-state index in [1.54, 1.807) is 7.11 Å². The molecule has 1 atom stereocenters. The first-order valence-corrected chi connectivity index (χ1v) is 11.0. The molecule has 6 nitrogen and oxygen atoms in total. The maximum atomic E-state index is 13.5. The van der Waals surface area contributed by atoms with Crippen LogP contribution < -0.4 is 10.1 Å². The second kappa shape index (κ2) is 7.55. The molecule has 1 unspecified atom stereocenters. The van der Waals surface area contributed by atoms with Crippen molar-refractivity contribution in [3.8, 4) is 5.75 Å². The summed E-state index contributed by atoms with van der Waals surface area (Å²) in [5, 5.41) is 4.63. The topological polar surface area (TPSA) is 63.6 Å². The Bertz CT molecular complexity index is 1280. The van der Waals surface area contributed by atoms with Crippen LogP contribution in [0.2, 0.25) is 0 Å². The van der Waals surface area contributed by atoms with E-state index in [0.29, 0.717) is 11.5 Å². The molecular formula is C26H27N3O3. The lowest BCUT2D eigenvalue weighted by Gasteiger charge is -2.21. The number of para-hydroxylation sites is 1. The van der Waals surface area contributed by atoms with E-state index in [1.807, 2.05) is 36.4 Å². The molecule has 0 radical (unpaired) electrons. The highest BCUT2D eigenvalue weighted by molar-refractivity contribution is 6.11. The molecule has 0 saturated heterocycles. The fourth-order valence-electron chi connectivity index (χ4n) is 5.05. The minimum atomic E-state index is -0.343. The molecule has 3 aromatic rings. The van der Waals surface area contributed by atoms with Gasteiger partial charge in [0.25, 0.3) is 5.91 Å². The molecule has 0 bridgehead atoms. The lowest BCUT2D eigenvalue weighted by molar-refractivity contribution is -0.139. The van der Waals surface area contributed by atoms with E-state index in [2.05, 4.69) is 36.0 Å². The number of hydrogen-bond acceptors (Lipinski definition) is 4. The van der Waals surface area contributed by atoms with Crippen LogP contribution in [-0.4, -0.2) is 34.9 Å². The van der Waals surface area contributed by atoms with Crippen LogP contribution in [0.1, 0.15) is 37.8 Å². The van der Waals surface area contributed by atoms with Crippen LogP contribution in [-0.2, 0) is 16.1 Å². The monoisotopic (exact) mass is 429 g/mol. The average molecular weight is 430 g/mol. The van der Waals surface area contributed by atoms with E-state index in [4.69, 9.17) is 4.74 Å². The number of ether oxygens (including phenoxy) is 1. The van der Waals surface area contributed by atoms with Gasteiger partial charge in [-0.05, 0) is 29.7 Å². The third-order valence-corrected chi connectivity index (χ3v) is 6.33. The van der Waals surface area contributed by atoms with E-state index in [0.717, 1.165) is 45.7 Å². The van der Waals surface area contributed by atoms with Crippen LogP contribution in [0.15, 0.2) is 59.9 Å². The number of imide groups is 1. The van der Waals surface area contributed by atoms with Crippen molar-refractivity contribution in [2.24, 2.45) is 5.92 Å². The van der Waals surface area contributed by atoms with Gasteiger partial charge in [0.05, 0.1) is 24.7 Å². The smallest absolute Gasteiger partial charge is 0.259 e. The van der Waals surface area contributed by atoms with Crippen molar-refractivity contribution in [3.63, 3.8) is 0 Å². The molecule has 5 rings (SSSR count). The quantitative estimate of drug-likeness (QED) is 0.663. The van der Waals surface area contributed by atoms with Crippen LogP contribution in [0.25, 0.3) is 10.9 Å². The average Bonchev–Trinajstić information content (AvgIpc) is 3.23. The maximum Gasteiger partial charge on any atom is 0.259 e. The Morgan fingerprint density at radius 1 is 1.16 bits per heavy atom. The standard InChI is InChI=1S/C26H27N3O3/c1-15(2)12-28-13-18-23(17-8-5-6-11-22(17)32-4)25-20(14-29(16(3)30)26(25)31)27-19-9-7-10-21(28)24(18)19/h5-11,13,15,23,27H,12,14H2,1-4H3. The highest BCUT2D eigenvalue weighted by Gasteiger charge is 2.42. The summed E-state index contributed by atoms with van der Waals surface area (Å²) >= 11 is 0. The largest absolute Gasteiger partial charge is 0.496 e. The van der Waals surface area contributed by atoms with Gasteiger partial charge in [-0.1, -0.05) is 38.1 Å². The third-order valence-electron chi connectivity index (χ3n) is 6.33. The molecule has 3 heterocycles. The maximum absolute atomic E-state index is 13.5. The minimum absolute atomic E-state index is 0.242. The molecule has 2 aliphatic rings. The van der Waals surface area contributed by atoms with Crippen molar-refractivity contribution in [1.29, 1.82) is 0 Å². The normalized spacial score (nSPS) is 17.6. The number of amides is 2. The molecule has 32 heavy (non-hydrogen) atoms. The summed E-state index contributed by atoms with van der Waals surface area (Å²) in [5.41, 5.74) is 5.46. The second-order valence-corrected chi connectivity index (χ2v) is 8.93. The zero-order valence-electron chi connectivity index (χ0n) is 18.8. The molecule has 0 fully saturated rings. The van der Waals surface area contributed by atoms with Gasteiger partial charge in [-0.15, -0.1) is 0 Å². The summed E-state index contributed by atoms with van der Waals surface area (Å²) in [7, 11) is 1.65. The van der Waals surface area contributed by atoms with Crippen molar-refractivity contribution in [2.45, 2.75) is 33.2 Å². The van der Waals surface area contributed by atoms with E-state index in [1.165, 1.54) is 11.8 Å². The second-order valence-electron chi connectivity index (χ2n) is 8.93. The Morgan fingerprint density at radius 2 is 1.94 bits per heavy atom. The van der Waals surface area contributed by atoms with Crippen molar-refractivity contribution in [3.05, 3.63) is 71.1 Å². The number of rotatable bonds is 4. The Hall–Kier alpha value is -3.54. The molecule has 1 N–H and O–H groups in total. The summed E-state index contributed by atoms with van der Waals surface area (Å²) in [6.07, 6.45) is 2.17. The summed E-state index contributed by atoms with van der Waals surface area (Å²) in [6, 6.07) is 14.0. The number of anilines is 1. The van der Waals surface area contributed by atoms with Crippen LogP contribution in [0.5, 0.6) is 5.75 Å². The minimum Gasteiger partial charge on any atom is -0.496 e. The van der Waals surface area contributed by atoms with E-state index in [-0.39, 0.29) is 24.3 Å². The van der Waals surface area contributed by atoms with Gasteiger partial charge in [-0.25, -0.2) is 0 Å². The first-order chi connectivity index (χ1) is 15.4. The molecule has 1 aromatic heterocycles. The Balaban J connectivity index is 1.82. The lowest BCUT2D eigenvalue weighted by Crippen LogP contribution is -2.33. The molecule has 2 aliphatic heterocycles. The van der Waals surface area contributed by atoms with Crippen LogP contribution >= 0.6 is 0 Å². The van der Waals surface area contributed by atoms with E-state index >= 15 is 0 Å². The Morgan fingerprint density at radius 3 is 2.66 bits per heavy atom. The molecule has 0 aliphatic carbocycles. The molecule has 6 heteroatoms. The summed E-state index contributed by atoms with van der Waals surface area (Å²) in [5.74, 6) is 0.361. The van der Waals surface area contributed by atoms with Crippen molar-refractivity contribution in [1.82, 2.24) is 9.47 Å². The summed E-state index contributed by atoms with van der Waals surface area (Å²) < 4.78 is 7.99. The zero-order chi connectivity index (χ0) is 22.6. The fourth-order valence-corrected chi connectivity index (χ4v) is 5.05. The van der Waals surface area contributed by atoms with Gasteiger partial charge in [0, 0.05) is 47.9 Å². The SMILES string of the molecule is COc1ccccc1C1C2=C(CN(C(C)=O)C2=O)Nc2cccc3c2c1cn3CC(C)C. The van der Waals surface area contributed by atoms with Crippen molar-refractivity contribution >= 4 is 28.4 Å². The highest BCUT2D eigenvalue weighted by Crippen LogP contribution is 2.48. The van der Waals surface area contributed by atoms with E-state index in [9.17, 15) is 9.59 Å². The van der Waals surface area contributed by atoms with E-state index < -0.39 is 0 Å². The number of aromatic nitrogens is 1. The molecule has 2 aromatic carbocycles. The Labute approximate surface area is 187 Å². The molecule has 164 valence electrons. The van der Waals surface area contributed by atoms with Gasteiger partial charge in [0.2, 0.25) is 5.91 Å². The number of hydrogen-bond donors (Lipinski definition) is 1. The van der Waals surface area contributed by atoms with Gasteiger partial charge in [0.1, 0.15) is 5.75 Å². The first-order valence-electron chi connectivity index (χ1n) is 11.0. The number of nitrogens with one attached hydrogen (secondary N) is 1. The van der Waals surface area contributed by atoms with Crippen molar-refractivity contribution < 1.29 is 14.3 Å². The van der Waals surface area contributed by atoms with Crippen LogP contribution in [0.3, 0.4) is 0 Å². The van der Waals surface area contributed by atoms with Crippen LogP contribution in [0, 0.1) is 5.92 Å². The molecule has 0 spiro atoms. The highest BCUT2D eigenvalue weighted by atomic mass is 16.5. The number of methoxy groups -OCH3 is 1.